The Kier molecular flexibility index (Phi) is 7.09. The maximum Gasteiger partial charge on any atom is 0.0587 e. The molecule has 0 amide bonds. The van der Waals surface area contributed by atoms with Crippen molar-refractivity contribution < 1.29 is 9.47 Å². The zero-order chi connectivity index (χ0) is 12.6. The van der Waals surface area contributed by atoms with Crippen LogP contribution in [0.15, 0.2) is 0 Å². The van der Waals surface area contributed by atoms with Crippen LogP contribution < -0.4 is 5.32 Å². The standard InChI is InChI=1S/C14H29NO2/c1-4-13(5-2)14(7-6-9-17-12-14)11-15-8-10-16-3/h13,15H,4-12H2,1-3H3. The molecule has 17 heavy (non-hydrogen) atoms. The Morgan fingerprint density at radius 3 is 2.65 bits per heavy atom. The Morgan fingerprint density at radius 1 is 1.35 bits per heavy atom. The maximum absolute atomic E-state index is 5.76. The van der Waals surface area contributed by atoms with Gasteiger partial charge in [-0.1, -0.05) is 26.7 Å². The van der Waals surface area contributed by atoms with Gasteiger partial charge in [0.1, 0.15) is 0 Å². The van der Waals surface area contributed by atoms with Gasteiger partial charge in [0.15, 0.2) is 0 Å². The van der Waals surface area contributed by atoms with Gasteiger partial charge in [-0.25, -0.2) is 0 Å². The van der Waals surface area contributed by atoms with Crippen LogP contribution in [0.3, 0.4) is 0 Å². The molecule has 1 heterocycles. The van der Waals surface area contributed by atoms with Gasteiger partial charge in [0, 0.05) is 32.2 Å². The summed E-state index contributed by atoms with van der Waals surface area (Å²) in [5, 5.41) is 3.54. The highest BCUT2D eigenvalue weighted by Gasteiger charge is 2.38. The summed E-state index contributed by atoms with van der Waals surface area (Å²) in [5.74, 6) is 0.776. The van der Waals surface area contributed by atoms with Crippen molar-refractivity contribution in [2.45, 2.75) is 39.5 Å². The molecule has 1 unspecified atom stereocenters. The Morgan fingerprint density at radius 2 is 2.12 bits per heavy atom. The average Bonchev–Trinajstić information content (AvgIpc) is 2.37. The molecule has 0 bridgehead atoms. The molecular weight excluding hydrogens is 214 g/mol. The Bertz CT molecular complexity index is 187. The minimum atomic E-state index is 0.357. The van der Waals surface area contributed by atoms with Gasteiger partial charge in [-0.15, -0.1) is 0 Å². The molecule has 1 aliphatic rings. The summed E-state index contributed by atoms with van der Waals surface area (Å²) in [4.78, 5) is 0. The van der Waals surface area contributed by atoms with E-state index >= 15 is 0 Å². The first-order chi connectivity index (χ1) is 8.29. The predicted octanol–water partition coefficient (Wildman–Crippen LogP) is 2.46. The molecule has 1 fully saturated rings. The Labute approximate surface area is 106 Å². The fraction of sp³-hybridized carbons (Fsp3) is 1.00. The molecule has 1 N–H and O–H groups in total. The monoisotopic (exact) mass is 243 g/mol. The van der Waals surface area contributed by atoms with Crippen molar-refractivity contribution in [2.24, 2.45) is 11.3 Å². The molecular formula is C14H29NO2. The van der Waals surface area contributed by atoms with Gasteiger partial charge in [0.05, 0.1) is 13.2 Å². The van der Waals surface area contributed by atoms with Crippen molar-refractivity contribution in [1.82, 2.24) is 5.32 Å². The molecule has 0 aromatic rings. The fourth-order valence-electron chi connectivity index (χ4n) is 3.15. The molecule has 0 spiro atoms. The summed E-state index contributed by atoms with van der Waals surface area (Å²) in [6, 6.07) is 0. The highest BCUT2D eigenvalue weighted by atomic mass is 16.5. The van der Waals surface area contributed by atoms with Crippen molar-refractivity contribution in [2.75, 3.05) is 40.0 Å². The highest BCUT2D eigenvalue weighted by molar-refractivity contribution is 4.89. The van der Waals surface area contributed by atoms with Gasteiger partial charge in [0.2, 0.25) is 0 Å². The van der Waals surface area contributed by atoms with E-state index in [4.69, 9.17) is 9.47 Å². The summed E-state index contributed by atoms with van der Waals surface area (Å²) in [7, 11) is 1.75. The Hall–Kier alpha value is -0.120. The number of rotatable bonds is 8. The normalized spacial score (nSPS) is 25.4. The summed E-state index contributed by atoms with van der Waals surface area (Å²) < 4.78 is 10.8. The second kappa shape index (κ2) is 8.06. The quantitative estimate of drug-likeness (QED) is 0.664. The molecule has 102 valence electrons. The van der Waals surface area contributed by atoms with E-state index < -0.39 is 0 Å². The molecule has 1 saturated heterocycles. The number of hydrogen-bond acceptors (Lipinski definition) is 3. The molecule has 0 saturated carbocycles. The van der Waals surface area contributed by atoms with E-state index in [2.05, 4.69) is 19.2 Å². The van der Waals surface area contributed by atoms with Crippen LogP contribution in [-0.4, -0.2) is 40.0 Å². The summed E-state index contributed by atoms with van der Waals surface area (Å²) in [5.41, 5.74) is 0.357. The molecule has 0 aromatic heterocycles. The van der Waals surface area contributed by atoms with E-state index in [9.17, 15) is 0 Å². The number of ether oxygens (including phenoxy) is 2. The lowest BCUT2D eigenvalue weighted by molar-refractivity contribution is -0.0444. The van der Waals surface area contributed by atoms with Crippen LogP contribution in [0, 0.1) is 11.3 Å². The van der Waals surface area contributed by atoms with Crippen molar-refractivity contribution in [3.8, 4) is 0 Å². The maximum atomic E-state index is 5.76. The van der Waals surface area contributed by atoms with Crippen LogP contribution >= 0.6 is 0 Å². The van der Waals surface area contributed by atoms with Crippen molar-refractivity contribution in [3.63, 3.8) is 0 Å². The lowest BCUT2D eigenvalue weighted by atomic mass is 9.69. The van der Waals surface area contributed by atoms with Gasteiger partial charge in [-0.2, -0.15) is 0 Å². The summed E-state index contributed by atoms with van der Waals surface area (Å²) in [6.45, 7) is 9.29. The first-order valence-electron chi connectivity index (χ1n) is 7.06. The van der Waals surface area contributed by atoms with E-state index in [1.54, 1.807) is 7.11 Å². The highest BCUT2D eigenvalue weighted by Crippen LogP contribution is 2.39. The average molecular weight is 243 g/mol. The molecule has 0 aromatic carbocycles. The largest absolute Gasteiger partial charge is 0.383 e. The van der Waals surface area contributed by atoms with E-state index in [1.807, 2.05) is 0 Å². The molecule has 1 atom stereocenters. The first-order valence-corrected chi connectivity index (χ1v) is 7.06. The zero-order valence-electron chi connectivity index (χ0n) is 11.8. The van der Waals surface area contributed by atoms with Crippen molar-refractivity contribution in [1.29, 1.82) is 0 Å². The number of nitrogens with one attached hydrogen (secondary N) is 1. The smallest absolute Gasteiger partial charge is 0.0587 e. The van der Waals surface area contributed by atoms with Crippen molar-refractivity contribution in [3.05, 3.63) is 0 Å². The van der Waals surface area contributed by atoms with E-state index in [0.717, 1.165) is 38.8 Å². The second-order valence-electron chi connectivity index (χ2n) is 5.20. The van der Waals surface area contributed by atoms with Crippen LogP contribution in [0.1, 0.15) is 39.5 Å². The SMILES string of the molecule is CCC(CC)C1(CNCCOC)CCCOC1. The Balaban J connectivity index is 2.51. The third kappa shape index (κ3) is 4.23. The zero-order valence-corrected chi connectivity index (χ0v) is 11.8. The van der Waals surface area contributed by atoms with Gasteiger partial charge < -0.3 is 14.8 Å². The number of hydrogen-bond donors (Lipinski definition) is 1. The molecule has 3 heteroatoms. The van der Waals surface area contributed by atoms with Crippen LogP contribution in [0.25, 0.3) is 0 Å². The van der Waals surface area contributed by atoms with Crippen molar-refractivity contribution >= 4 is 0 Å². The van der Waals surface area contributed by atoms with E-state index in [0.29, 0.717) is 5.41 Å². The molecule has 3 nitrogen and oxygen atoms in total. The lowest BCUT2D eigenvalue weighted by Gasteiger charge is -2.43. The molecule has 1 rings (SSSR count). The molecule has 1 aliphatic heterocycles. The third-order valence-corrected chi connectivity index (χ3v) is 4.16. The molecule has 0 radical (unpaired) electrons. The van der Waals surface area contributed by atoms with E-state index in [1.165, 1.54) is 25.7 Å². The van der Waals surface area contributed by atoms with Crippen LogP contribution in [0.2, 0.25) is 0 Å². The van der Waals surface area contributed by atoms with Crippen LogP contribution in [-0.2, 0) is 9.47 Å². The second-order valence-corrected chi connectivity index (χ2v) is 5.20. The third-order valence-electron chi connectivity index (χ3n) is 4.16. The van der Waals surface area contributed by atoms with Gasteiger partial charge in [-0.3, -0.25) is 0 Å². The topological polar surface area (TPSA) is 30.5 Å². The predicted molar refractivity (Wildman–Crippen MR) is 71.3 cm³/mol. The van der Waals surface area contributed by atoms with Gasteiger partial charge in [-0.05, 0) is 18.8 Å². The first kappa shape index (κ1) is 14.9. The van der Waals surface area contributed by atoms with Crippen LogP contribution in [0.4, 0.5) is 0 Å². The van der Waals surface area contributed by atoms with Gasteiger partial charge in [0.25, 0.3) is 0 Å². The fourth-order valence-corrected chi connectivity index (χ4v) is 3.15. The van der Waals surface area contributed by atoms with Gasteiger partial charge >= 0.3 is 0 Å². The minimum Gasteiger partial charge on any atom is -0.383 e. The molecule has 0 aliphatic carbocycles. The number of methoxy groups -OCH3 is 1. The van der Waals surface area contributed by atoms with E-state index in [-0.39, 0.29) is 0 Å². The minimum absolute atomic E-state index is 0.357. The van der Waals surface area contributed by atoms with Crippen LogP contribution in [0.5, 0.6) is 0 Å². The lowest BCUT2D eigenvalue weighted by Crippen LogP contribution is -2.46. The summed E-state index contributed by atoms with van der Waals surface area (Å²) in [6.07, 6.45) is 5.03. The summed E-state index contributed by atoms with van der Waals surface area (Å²) >= 11 is 0.